The van der Waals surface area contributed by atoms with Gasteiger partial charge in [0.2, 0.25) is 0 Å². The number of hydrazone groups is 1. The molecule has 1 saturated heterocycles. The molecule has 0 spiro atoms. The van der Waals surface area contributed by atoms with Crippen LogP contribution in [0.25, 0.3) is 0 Å². The van der Waals surface area contributed by atoms with Gasteiger partial charge in [-0.1, -0.05) is 72.3 Å². The number of rotatable bonds is 6. The molecule has 3 aromatic carbocycles. The first-order chi connectivity index (χ1) is 17.5. The molecule has 5 rings (SSSR count). The van der Waals surface area contributed by atoms with Gasteiger partial charge in [0.1, 0.15) is 0 Å². The van der Waals surface area contributed by atoms with E-state index in [4.69, 9.17) is 16.7 Å². The summed E-state index contributed by atoms with van der Waals surface area (Å²) in [5.41, 5.74) is 6.86. The van der Waals surface area contributed by atoms with Crippen LogP contribution in [0, 0.1) is 19.8 Å². The van der Waals surface area contributed by atoms with E-state index in [2.05, 4.69) is 67.3 Å². The molecule has 36 heavy (non-hydrogen) atoms. The third-order valence-corrected chi connectivity index (χ3v) is 8.05. The van der Waals surface area contributed by atoms with Crippen LogP contribution in [0.2, 0.25) is 5.02 Å². The van der Waals surface area contributed by atoms with Crippen molar-refractivity contribution < 1.29 is 4.79 Å². The minimum absolute atomic E-state index is 0.0419. The lowest BCUT2D eigenvalue weighted by molar-refractivity contribution is -0.134. The molecule has 1 amide bonds. The molecule has 2 aliphatic heterocycles. The number of likely N-dealkylation sites (tertiary alicyclic amines) is 1. The van der Waals surface area contributed by atoms with E-state index in [1.54, 1.807) is 5.01 Å². The van der Waals surface area contributed by atoms with Crippen molar-refractivity contribution >= 4 is 23.2 Å². The third kappa shape index (κ3) is 5.55. The van der Waals surface area contributed by atoms with Gasteiger partial charge < -0.3 is 0 Å². The van der Waals surface area contributed by atoms with E-state index < -0.39 is 0 Å². The van der Waals surface area contributed by atoms with Crippen molar-refractivity contribution in [1.29, 1.82) is 0 Å². The number of hydrogen-bond donors (Lipinski definition) is 0. The highest BCUT2D eigenvalue weighted by Gasteiger charge is 2.35. The zero-order valence-corrected chi connectivity index (χ0v) is 21.9. The number of carbonyl (C=O) groups is 1. The van der Waals surface area contributed by atoms with Crippen LogP contribution in [0.15, 0.2) is 77.9 Å². The normalized spacial score (nSPS) is 18.9. The molecule has 4 nitrogen and oxygen atoms in total. The summed E-state index contributed by atoms with van der Waals surface area (Å²) in [6.45, 7) is 6.51. The summed E-state index contributed by atoms with van der Waals surface area (Å²) in [5, 5.41) is 7.25. The molecular weight excluding hydrogens is 466 g/mol. The van der Waals surface area contributed by atoms with Crippen LogP contribution in [0.1, 0.15) is 53.1 Å². The molecule has 1 fully saturated rings. The molecule has 186 valence electrons. The van der Waals surface area contributed by atoms with Gasteiger partial charge >= 0.3 is 0 Å². The summed E-state index contributed by atoms with van der Waals surface area (Å²) in [6, 6.07) is 24.8. The van der Waals surface area contributed by atoms with Crippen molar-refractivity contribution in [3.8, 4) is 0 Å². The Bertz CT molecular complexity index is 1250. The van der Waals surface area contributed by atoms with E-state index in [0.717, 1.165) is 49.2 Å². The Morgan fingerprint density at radius 3 is 2.39 bits per heavy atom. The average Bonchev–Trinajstić information content (AvgIpc) is 3.33. The quantitative estimate of drug-likeness (QED) is 0.383. The zero-order chi connectivity index (χ0) is 25.1. The van der Waals surface area contributed by atoms with Gasteiger partial charge in [-0.3, -0.25) is 9.69 Å². The monoisotopic (exact) mass is 499 g/mol. The highest BCUT2D eigenvalue weighted by molar-refractivity contribution is 6.31. The molecule has 1 atom stereocenters. The molecule has 0 saturated carbocycles. The lowest BCUT2D eigenvalue weighted by atomic mass is 9.90. The van der Waals surface area contributed by atoms with E-state index in [-0.39, 0.29) is 11.9 Å². The Morgan fingerprint density at radius 1 is 0.944 bits per heavy atom. The Balaban J connectivity index is 1.29. The highest BCUT2D eigenvalue weighted by Crippen LogP contribution is 2.36. The Labute approximate surface area is 219 Å². The molecule has 0 bridgehead atoms. The van der Waals surface area contributed by atoms with Crippen LogP contribution in [0.5, 0.6) is 0 Å². The number of carbonyl (C=O) groups excluding carboxylic acids is 1. The van der Waals surface area contributed by atoms with Gasteiger partial charge in [0, 0.05) is 11.4 Å². The van der Waals surface area contributed by atoms with Gasteiger partial charge in [-0.2, -0.15) is 5.10 Å². The van der Waals surface area contributed by atoms with Crippen molar-refractivity contribution in [3.05, 3.63) is 106 Å². The van der Waals surface area contributed by atoms with E-state index in [9.17, 15) is 4.79 Å². The van der Waals surface area contributed by atoms with Gasteiger partial charge in [-0.25, -0.2) is 5.01 Å². The van der Waals surface area contributed by atoms with E-state index in [1.807, 2.05) is 24.3 Å². The summed E-state index contributed by atoms with van der Waals surface area (Å²) in [6.07, 6.45) is 4.02. The van der Waals surface area contributed by atoms with Crippen LogP contribution < -0.4 is 0 Å². The molecule has 0 unspecified atom stereocenters. The average molecular weight is 500 g/mol. The van der Waals surface area contributed by atoms with Gasteiger partial charge in [0.25, 0.3) is 5.91 Å². The first-order valence-corrected chi connectivity index (χ1v) is 13.3. The van der Waals surface area contributed by atoms with Crippen molar-refractivity contribution in [2.75, 3.05) is 19.6 Å². The van der Waals surface area contributed by atoms with Crippen LogP contribution in [0.3, 0.4) is 0 Å². The first-order valence-electron chi connectivity index (χ1n) is 13.0. The predicted molar refractivity (Wildman–Crippen MR) is 147 cm³/mol. The highest BCUT2D eigenvalue weighted by atomic mass is 35.5. The second-order valence-electron chi connectivity index (χ2n) is 10.2. The molecular formula is C31H34ClN3O. The van der Waals surface area contributed by atoms with Gasteiger partial charge in [0.05, 0.1) is 18.3 Å². The summed E-state index contributed by atoms with van der Waals surface area (Å²) in [4.78, 5) is 15.9. The van der Waals surface area contributed by atoms with Gasteiger partial charge in [-0.15, -0.1) is 0 Å². The number of aryl methyl sites for hydroxylation is 2. The van der Waals surface area contributed by atoms with Gasteiger partial charge in [0.15, 0.2) is 0 Å². The van der Waals surface area contributed by atoms with Crippen molar-refractivity contribution in [3.63, 3.8) is 0 Å². The number of halogens is 1. The molecule has 2 aliphatic rings. The fraction of sp³-hybridized carbons (Fsp3) is 0.355. The minimum atomic E-state index is -0.182. The molecule has 3 aromatic rings. The fourth-order valence-electron chi connectivity index (χ4n) is 5.38. The molecule has 0 radical (unpaired) electrons. The second kappa shape index (κ2) is 11.0. The molecule has 0 aromatic heterocycles. The lowest BCUT2D eigenvalue weighted by Gasteiger charge is -2.33. The summed E-state index contributed by atoms with van der Waals surface area (Å²) in [5.74, 6) is 0.719. The smallest absolute Gasteiger partial charge is 0.257 e. The van der Waals surface area contributed by atoms with Crippen LogP contribution >= 0.6 is 11.6 Å². The number of hydrogen-bond acceptors (Lipinski definition) is 3. The van der Waals surface area contributed by atoms with Crippen LogP contribution in [-0.4, -0.2) is 41.2 Å². The fourth-order valence-corrected chi connectivity index (χ4v) is 5.64. The van der Waals surface area contributed by atoms with Crippen LogP contribution in [-0.2, 0) is 11.2 Å². The lowest BCUT2D eigenvalue weighted by Crippen LogP contribution is -2.42. The van der Waals surface area contributed by atoms with E-state index >= 15 is 0 Å². The molecule has 5 heteroatoms. The largest absolute Gasteiger partial charge is 0.294 e. The third-order valence-electron chi connectivity index (χ3n) is 7.70. The Hall–Kier alpha value is -2.95. The van der Waals surface area contributed by atoms with E-state index in [0.29, 0.717) is 23.9 Å². The first kappa shape index (κ1) is 24.7. The van der Waals surface area contributed by atoms with E-state index in [1.165, 1.54) is 16.7 Å². The maximum Gasteiger partial charge on any atom is 0.257 e. The number of nitrogens with zero attached hydrogens (tertiary/aromatic N) is 3. The maximum atomic E-state index is 13.6. The van der Waals surface area contributed by atoms with Crippen molar-refractivity contribution in [1.82, 2.24) is 9.91 Å². The SMILES string of the molecule is Cc1ccc(C2=NN(C(=O)CN3CCC(Cc4ccccc4)CC3)[C@H](c3ccccc3Cl)C2)cc1C. The molecule has 2 heterocycles. The predicted octanol–water partition coefficient (Wildman–Crippen LogP) is 6.59. The molecule has 0 aliphatic carbocycles. The van der Waals surface area contributed by atoms with Crippen molar-refractivity contribution in [2.45, 2.75) is 45.6 Å². The van der Waals surface area contributed by atoms with Gasteiger partial charge in [-0.05, 0) is 92.1 Å². The van der Waals surface area contributed by atoms with Crippen LogP contribution in [0.4, 0.5) is 0 Å². The summed E-state index contributed by atoms with van der Waals surface area (Å²) >= 11 is 6.59. The summed E-state index contributed by atoms with van der Waals surface area (Å²) < 4.78 is 0. The Kier molecular flexibility index (Phi) is 7.54. The minimum Gasteiger partial charge on any atom is -0.294 e. The number of benzene rings is 3. The molecule has 0 N–H and O–H groups in total. The summed E-state index contributed by atoms with van der Waals surface area (Å²) in [7, 11) is 0. The second-order valence-corrected chi connectivity index (χ2v) is 10.6. The Morgan fingerprint density at radius 2 is 1.67 bits per heavy atom. The topological polar surface area (TPSA) is 35.9 Å². The number of amides is 1. The maximum absolute atomic E-state index is 13.6. The standard InChI is InChI=1S/C31H34ClN3O/c1-22-12-13-26(18-23(22)2)29-20-30(27-10-6-7-11-28(27)32)35(33-29)31(36)21-34-16-14-25(15-17-34)19-24-8-4-3-5-9-24/h3-13,18,25,30H,14-17,19-21H2,1-2H3/t30-/m0/s1. The zero-order valence-electron chi connectivity index (χ0n) is 21.2. The number of piperidine rings is 1. The van der Waals surface area contributed by atoms with Crippen molar-refractivity contribution in [2.24, 2.45) is 11.0 Å².